The van der Waals surface area contributed by atoms with E-state index in [0.717, 1.165) is 42.6 Å². The second kappa shape index (κ2) is 9.75. The quantitative estimate of drug-likeness (QED) is 0.377. The highest BCUT2D eigenvalue weighted by atomic mass is 19.1. The van der Waals surface area contributed by atoms with Gasteiger partial charge < -0.3 is 21.4 Å². The van der Waals surface area contributed by atoms with Crippen LogP contribution in [-0.2, 0) is 0 Å². The number of rotatable bonds is 7. The average Bonchev–Trinajstić information content (AvgIpc) is 3.32. The summed E-state index contributed by atoms with van der Waals surface area (Å²) in [5, 5.41) is 10.6. The third kappa shape index (κ3) is 5.03. The molecular formula is C26H27FN4O. The largest absolute Gasteiger partial charge is 0.398 e. The Kier molecular flexibility index (Phi) is 6.61. The monoisotopic (exact) mass is 430 g/mol. The van der Waals surface area contributed by atoms with Crippen molar-refractivity contribution in [2.45, 2.75) is 18.9 Å². The van der Waals surface area contributed by atoms with Crippen LogP contribution in [0.4, 0.5) is 10.1 Å². The van der Waals surface area contributed by atoms with Crippen molar-refractivity contribution < 1.29 is 9.18 Å². The molecule has 32 heavy (non-hydrogen) atoms. The van der Waals surface area contributed by atoms with Crippen molar-refractivity contribution in [3.63, 3.8) is 0 Å². The van der Waals surface area contributed by atoms with Gasteiger partial charge in [0.15, 0.2) is 0 Å². The lowest BCUT2D eigenvalue weighted by atomic mass is 9.99. The number of hydrogen-bond donors (Lipinski definition) is 3. The van der Waals surface area contributed by atoms with Crippen LogP contribution >= 0.6 is 0 Å². The Hall–Kier alpha value is -3.51. The van der Waals surface area contributed by atoms with E-state index in [1.165, 1.54) is 18.3 Å². The first-order chi connectivity index (χ1) is 15.5. The fourth-order valence-corrected chi connectivity index (χ4v) is 4.14. The normalized spacial score (nSPS) is 14.8. The van der Waals surface area contributed by atoms with Gasteiger partial charge in [-0.3, -0.25) is 4.79 Å². The molecule has 0 aromatic heterocycles. The van der Waals surface area contributed by atoms with E-state index < -0.39 is 0 Å². The van der Waals surface area contributed by atoms with E-state index in [0.29, 0.717) is 23.4 Å². The van der Waals surface area contributed by atoms with Crippen molar-refractivity contribution >= 4 is 17.8 Å². The van der Waals surface area contributed by atoms with Gasteiger partial charge in [0, 0.05) is 29.6 Å². The second-order valence-electron chi connectivity index (χ2n) is 8.16. The van der Waals surface area contributed by atoms with E-state index in [4.69, 9.17) is 11.1 Å². The third-order valence-electron chi connectivity index (χ3n) is 5.90. The molecule has 1 amide bonds. The maximum atomic E-state index is 13.9. The van der Waals surface area contributed by atoms with Crippen LogP contribution in [0.3, 0.4) is 0 Å². The first kappa shape index (κ1) is 21.7. The minimum Gasteiger partial charge on any atom is -0.398 e. The van der Waals surface area contributed by atoms with E-state index in [9.17, 15) is 9.18 Å². The van der Waals surface area contributed by atoms with E-state index in [-0.39, 0.29) is 17.8 Å². The summed E-state index contributed by atoms with van der Waals surface area (Å²) in [5.74, 6) is -0.515. The zero-order valence-electron chi connectivity index (χ0n) is 17.9. The minimum atomic E-state index is -0.310. The summed E-state index contributed by atoms with van der Waals surface area (Å²) in [5.41, 5.74) is 10.1. The van der Waals surface area contributed by atoms with Gasteiger partial charge in [0.25, 0.3) is 5.91 Å². The summed E-state index contributed by atoms with van der Waals surface area (Å²) < 4.78 is 13.9. The van der Waals surface area contributed by atoms with Gasteiger partial charge in [0.2, 0.25) is 0 Å². The molecule has 3 aromatic rings. The lowest BCUT2D eigenvalue weighted by Crippen LogP contribution is -2.37. The minimum absolute atomic E-state index is 0.206. The first-order valence-corrected chi connectivity index (χ1v) is 10.8. The standard InChI is InChI=1S/C26H27FN4O/c27-23-8-4-6-20(15-23)25(17-31-11-1-2-12-31)30-26(32)21-7-3-5-18(13-21)19-9-10-24(29)22(14-19)16-28/h3-10,13-16,25,28H,1-2,11-12,17,29H2,(H,30,32). The van der Waals surface area contributed by atoms with E-state index in [1.807, 2.05) is 36.4 Å². The van der Waals surface area contributed by atoms with Crippen LogP contribution < -0.4 is 11.1 Å². The van der Waals surface area contributed by atoms with Crippen molar-refractivity contribution in [2.75, 3.05) is 25.4 Å². The number of likely N-dealkylation sites (tertiary alicyclic amines) is 1. The molecule has 0 spiro atoms. The third-order valence-corrected chi connectivity index (χ3v) is 5.90. The van der Waals surface area contributed by atoms with E-state index in [2.05, 4.69) is 10.2 Å². The first-order valence-electron chi connectivity index (χ1n) is 10.8. The number of nitrogens with one attached hydrogen (secondary N) is 2. The molecule has 1 atom stereocenters. The van der Waals surface area contributed by atoms with E-state index in [1.54, 1.807) is 18.2 Å². The van der Waals surface area contributed by atoms with Gasteiger partial charge in [-0.05, 0) is 79.0 Å². The SMILES string of the molecule is N=Cc1cc(-c2cccc(C(=O)NC(CN3CCCC3)c3cccc(F)c3)c2)ccc1N. The van der Waals surface area contributed by atoms with Crippen molar-refractivity contribution in [1.82, 2.24) is 10.2 Å². The highest BCUT2D eigenvalue weighted by Gasteiger charge is 2.22. The molecule has 6 heteroatoms. The van der Waals surface area contributed by atoms with Gasteiger partial charge in [-0.15, -0.1) is 0 Å². The molecule has 164 valence electrons. The molecule has 0 bridgehead atoms. The van der Waals surface area contributed by atoms with E-state index >= 15 is 0 Å². The van der Waals surface area contributed by atoms with Gasteiger partial charge in [0.05, 0.1) is 6.04 Å². The van der Waals surface area contributed by atoms with Crippen LogP contribution in [0.15, 0.2) is 66.7 Å². The summed E-state index contributed by atoms with van der Waals surface area (Å²) in [6.07, 6.45) is 3.51. The number of benzene rings is 3. The Labute approximate surface area is 187 Å². The highest BCUT2D eigenvalue weighted by molar-refractivity contribution is 5.96. The Morgan fingerprint density at radius 2 is 1.81 bits per heavy atom. The molecule has 5 nitrogen and oxygen atoms in total. The van der Waals surface area contributed by atoms with Crippen molar-refractivity contribution in [3.05, 3.63) is 89.2 Å². The summed E-state index contributed by atoms with van der Waals surface area (Å²) in [4.78, 5) is 15.5. The van der Waals surface area contributed by atoms with Crippen LogP contribution in [0.2, 0.25) is 0 Å². The van der Waals surface area contributed by atoms with Crippen molar-refractivity contribution in [3.8, 4) is 11.1 Å². The number of carbonyl (C=O) groups is 1. The number of nitrogens with zero attached hydrogens (tertiary/aromatic N) is 1. The Morgan fingerprint density at radius 3 is 2.56 bits per heavy atom. The molecule has 4 rings (SSSR count). The number of hydrogen-bond acceptors (Lipinski definition) is 4. The summed E-state index contributed by atoms with van der Waals surface area (Å²) in [6, 6.07) is 19.0. The van der Waals surface area contributed by atoms with Gasteiger partial charge in [-0.2, -0.15) is 0 Å². The molecule has 1 aliphatic rings. The number of nitrogen functional groups attached to an aromatic ring is 1. The molecule has 0 radical (unpaired) electrons. The molecule has 3 aromatic carbocycles. The van der Waals surface area contributed by atoms with Gasteiger partial charge in [0.1, 0.15) is 5.82 Å². The van der Waals surface area contributed by atoms with Gasteiger partial charge in [-0.1, -0.05) is 30.3 Å². The second-order valence-corrected chi connectivity index (χ2v) is 8.16. The highest BCUT2D eigenvalue weighted by Crippen LogP contribution is 2.25. The molecular weight excluding hydrogens is 403 g/mol. The number of anilines is 1. The fraction of sp³-hybridized carbons (Fsp3) is 0.231. The Bertz CT molecular complexity index is 1120. The summed E-state index contributed by atoms with van der Waals surface area (Å²) in [6.45, 7) is 2.63. The predicted molar refractivity (Wildman–Crippen MR) is 126 cm³/mol. The molecule has 1 unspecified atom stereocenters. The smallest absolute Gasteiger partial charge is 0.251 e. The van der Waals surface area contributed by atoms with Crippen LogP contribution in [0.1, 0.15) is 40.4 Å². The lowest BCUT2D eigenvalue weighted by molar-refractivity contribution is 0.0927. The topological polar surface area (TPSA) is 82.2 Å². The molecule has 1 heterocycles. The van der Waals surface area contributed by atoms with Crippen LogP contribution in [-0.4, -0.2) is 36.7 Å². The number of nitrogens with two attached hydrogens (primary N) is 1. The molecule has 0 saturated carbocycles. The zero-order valence-corrected chi connectivity index (χ0v) is 17.9. The predicted octanol–water partition coefficient (Wildman–Crippen LogP) is 4.64. The number of amides is 1. The van der Waals surface area contributed by atoms with Crippen LogP contribution in [0.25, 0.3) is 11.1 Å². The Morgan fingerprint density at radius 1 is 1.06 bits per heavy atom. The molecule has 4 N–H and O–H groups in total. The van der Waals surface area contributed by atoms with Crippen molar-refractivity contribution in [1.29, 1.82) is 5.41 Å². The van der Waals surface area contributed by atoms with Crippen molar-refractivity contribution in [2.24, 2.45) is 0 Å². The maximum absolute atomic E-state index is 13.9. The summed E-state index contributed by atoms with van der Waals surface area (Å²) in [7, 11) is 0. The zero-order chi connectivity index (χ0) is 22.5. The molecule has 1 saturated heterocycles. The number of carbonyl (C=O) groups excluding carboxylic acids is 1. The van der Waals surface area contributed by atoms with Crippen LogP contribution in [0, 0.1) is 11.2 Å². The molecule has 1 aliphatic heterocycles. The molecule has 0 aliphatic carbocycles. The van der Waals surface area contributed by atoms with Crippen LogP contribution in [0.5, 0.6) is 0 Å². The maximum Gasteiger partial charge on any atom is 0.251 e. The Balaban J connectivity index is 1.58. The van der Waals surface area contributed by atoms with Gasteiger partial charge >= 0.3 is 0 Å². The fourth-order valence-electron chi connectivity index (χ4n) is 4.14. The summed E-state index contributed by atoms with van der Waals surface area (Å²) >= 11 is 0. The lowest BCUT2D eigenvalue weighted by Gasteiger charge is -2.25. The molecule has 1 fully saturated rings. The number of halogens is 1. The van der Waals surface area contributed by atoms with Gasteiger partial charge in [-0.25, -0.2) is 4.39 Å². The average molecular weight is 431 g/mol.